The van der Waals surface area contributed by atoms with Crippen LogP contribution < -0.4 is 4.90 Å². The summed E-state index contributed by atoms with van der Waals surface area (Å²) >= 11 is 5.94. The van der Waals surface area contributed by atoms with Crippen molar-refractivity contribution < 1.29 is 0 Å². The minimum Gasteiger partial charge on any atom is -0.329 e. The van der Waals surface area contributed by atoms with E-state index in [1.165, 1.54) is 5.56 Å². The van der Waals surface area contributed by atoms with Gasteiger partial charge in [0.2, 0.25) is 0 Å². The summed E-state index contributed by atoms with van der Waals surface area (Å²) < 4.78 is 0. The molecule has 0 radical (unpaired) electrons. The molecule has 4 heteroatoms. The highest BCUT2D eigenvalue weighted by molar-refractivity contribution is 6.29. The summed E-state index contributed by atoms with van der Waals surface area (Å²) in [5.74, 6) is 1.48. The molecule has 1 heterocycles. The highest BCUT2D eigenvalue weighted by Crippen LogP contribution is 2.26. The van der Waals surface area contributed by atoms with E-state index < -0.39 is 0 Å². The summed E-state index contributed by atoms with van der Waals surface area (Å²) in [6, 6.07) is 9.92. The molecule has 0 aliphatic heterocycles. The van der Waals surface area contributed by atoms with Crippen LogP contribution >= 0.6 is 11.6 Å². The Balaban J connectivity index is 2.43. The second kappa shape index (κ2) is 4.72. The first-order chi connectivity index (χ1) is 8.08. The number of rotatable bonds is 2. The molecule has 88 valence electrons. The fraction of sp³-hybridized carbons (Fsp3) is 0.231. The molecule has 1 aromatic carbocycles. The van der Waals surface area contributed by atoms with Gasteiger partial charge < -0.3 is 4.90 Å². The highest BCUT2D eigenvalue weighted by Gasteiger charge is 2.09. The van der Waals surface area contributed by atoms with Gasteiger partial charge in [-0.15, -0.1) is 0 Å². The van der Waals surface area contributed by atoms with Gasteiger partial charge >= 0.3 is 0 Å². The van der Waals surface area contributed by atoms with Gasteiger partial charge in [0.05, 0.1) is 0 Å². The van der Waals surface area contributed by atoms with Crippen LogP contribution in [0.15, 0.2) is 30.3 Å². The molecule has 1 aromatic heterocycles. The monoisotopic (exact) mass is 247 g/mol. The summed E-state index contributed by atoms with van der Waals surface area (Å²) in [5.41, 5.74) is 2.31. The molecule has 17 heavy (non-hydrogen) atoms. The van der Waals surface area contributed by atoms with E-state index in [1.54, 1.807) is 6.07 Å². The molecule has 0 aliphatic carbocycles. The number of hydrogen-bond donors (Lipinski definition) is 0. The van der Waals surface area contributed by atoms with Gasteiger partial charge in [0.1, 0.15) is 16.8 Å². The second-order valence-electron chi connectivity index (χ2n) is 3.94. The largest absolute Gasteiger partial charge is 0.329 e. The van der Waals surface area contributed by atoms with Crippen molar-refractivity contribution in [1.82, 2.24) is 9.97 Å². The molecule has 0 fully saturated rings. The zero-order chi connectivity index (χ0) is 12.4. The van der Waals surface area contributed by atoms with Crippen LogP contribution in [0.25, 0.3) is 0 Å². The molecule has 0 aliphatic rings. The van der Waals surface area contributed by atoms with Crippen LogP contribution in [0, 0.1) is 13.8 Å². The topological polar surface area (TPSA) is 29.0 Å². The normalized spacial score (nSPS) is 10.4. The van der Waals surface area contributed by atoms with Gasteiger partial charge in [0.15, 0.2) is 0 Å². The Morgan fingerprint density at radius 2 is 1.82 bits per heavy atom. The van der Waals surface area contributed by atoms with Crippen molar-refractivity contribution in [3.8, 4) is 0 Å². The van der Waals surface area contributed by atoms with Crippen LogP contribution in [0.1, 0.15) is 11.4 Å². The van der Waals surface area contributed by atoms with Crippen LogP contribution in [0.2, 0.25) is 5.15 Å². The highest BCUT2D eigenvalue weighted by atomic mass is 35.5. The number of aromatic nitrogens is 2. The van der Waals surface area contributed by atoms with E-state index in [-0.39, 0.29) is 0 Å². The summed E-state index contributed by atoms with van der Waals surface area (Å²) in [7, 11) is 1.97. The number of para-hydroxylation sites is 1. The van der Waals surface area contributed by atoms with Gasteiger partial charge in [0.25, 0.3) is 0 Å². The summed E-state index contributed by atoms with van der Waals surface area (Å²) in [6.45, 7) is 3.91. The van der Waals surface area contributed by atoms with E-state index in [9.17, 15) is 0 Å². The van der Waals surface area contributed by atoms with Gasteiger partial charge in [0, 0.05) is 18.8 Å². The molecule has 0 spiro atoms. The molecular formula is C13H14ClN3. The predicted octanol–water partition coefficient (Wildman–Crippen LogP) is 3.51. The van der Waals surface area contributed by atoms with Gasteiger partial charge in [-0.1, -0.05) is 29.8 Å². The van der Waals surface area contributed by atoms with Gasteiger partial charge in [-0.25, -0.2) is 9.97 Å². The van der Waals surface area contributed by atoms with Gasteiger partial charge in [-0.05, 0) is 25.5 Å². The van der Waals surface area contributed by atoms with Crippen LogP contribution in [-0.2, 0) is 0 Å². The Morgan fingerprint density at radius 3 is 2.47 bits per heavy atom. The molecule has 3 nitrogen and oxygen atoms in total. The first kappa shape index (κ1) is 11.9. The minimum atomic E-state index is 0.466. The molecule has 0 atom stereocenters. The standard InChI is InChI=1S/C13H14ClN3/c1-9-6-4-5-7-11(9)17(3)13-8-12(14)15-10(2)16-13/h4-8H,1-3H3. The number of halogens is 1. The smallest absolute Gasteiger partial charge is 0.137 e. The lowest BCUT2D eigenvalue weighted by Gasteiger charge is -2.20. The predicted molar refractivity (Wildman–Crippen MR) is 71.0 cm³/mol. The van der Waals surface area contributed by atoms with E-state index in [4.69, 9.17) is 11.6 Å². The third-order valence-corrected chi connectivity index (χ3v) is 2.81. The third kappa shape index (κ3) is 2.56. The SMILES string of the molecule is Cc1nc(Cl)cc(N(C)c2ccccc2C)n1. The summed E-state index contributed by atoms with van der Waals surface area (Å²) in [5, 5.41) is 0.466. The number of hydrogen-bond acceptors (Lipinski definition) is 3. The maximum absolute atomic E-state index is 5.94. The average molecular weight is 248 g/mol. The van der Waals surface area contributed by atoms with Crippen molar-refractivity contribution in [3.63, 3.8) is 0 Å². The maximum Gasteiger partial charge on any atom is 0.137 e. The zero-order valence-corrected chi connectivity index (χ0v) is 10.9. The summed E-state index contributed by atoms with van der Waals surface area (Å²) in [4.78, 5) is 10.5. The molecule has 2 rings (SSSR count). The molecular weight excluding hydrogens is 234 g/mol. The maximum atomic E-state index is 5.94. The number of aryl methyl sites for hydroxylation is 2. The Morgan fingerprint density at radius 1 is 1.12 bits per heavy atom. The third-order valence-electron chi connectivity index (χ3n) is 2.61. The van der Waals surface area contributed by atoms with E-state index in [2.05, 4.69) is 29.0 Å². The summed E-state index contributed by atoms with van der Waals surface area (Å²) in [6.07, 6.45) is 0. The van der Waals surface area contributed by atoms with Crippen LogP contribution in [-0.4, -0.2) is 17.0 Å². The Hall–Kier alpha value is -1.61. The molecule has 0 bridgehead atoms. The molecule has 2 aromatic rings. The average Bonchev–Trinajstić information content (AvgIpc) is 2.27. The fourth-order valence-corrected chi connectivity index (χ4v) is 1.97. The van der Waals surface area contributed by atoms with Crippen LogP contribution in [0.4, 0.5) is 11.5 Å². The molecule has 0 N–H and O–H groups in total. The van der Waals surface area contributed by atoms with E-state index >= 15 is 0 Å². The van der Waals surface area contributed by atoms with Crippen molar-refractivity contribution in [2.45, 2.75) is 13.8 Å². The zero-order valence-electron chi connectivity index (χ0n) is 10.1. The van der Waals surface area contributed by atoms with Crippen molar-refractivity contribution in [1.29, 1.82) is 0 Å². The lowest BCUT2D eigenvalue weighted by atomic mass is 10.2. The number of nitrogens with zero attached hydrogens (tertiary/aromatic N) is 3. The Labute approximate surface area is 106 Å². The Bertz CT molecular complexity index is 520. The molecule has 0 saturated heterocycles. The first-order valence-electron chi connectivity index (χ1n) is 5.38. The van der Waals surface area contributed by atoms with Crippen molar-refractivity contribution >= 4 is 23.1 Å². The first-order valence-corrected chi connectivity index (χ1v) is 5.76. The van der Waals surface area contributed by atoms with Crippen molar-refractivity contribution in [2.24, 2.45) is 0 Å². The van der Waals surface area contributed by atoms with Crippen molar-refractivity contribution in [2.75, 3.05) is 11.9 Å². The van der Waals surface area contributed by atoms with E-state index in [0.717, 1.165) is 11.5 Å². The fourth-order valence-electron chi connectivity index (χ4n) is 1.75. The van der Waals surface area contributed by atoms with E-state index in [0.29, 0.717) is 11.0 Å². The Kier molecular flexibility index (Phi) is 3.29. The second-order valence-corrected chi connectivity index (χ2v) is 4.33. The van der Waals surface area contributed by atoms with E-state index in [1.807, 2.05) is 31.0 Å². The molecule has 0 saturated carbocycles. The number of anilines is 2. The molecule has 0 unspecified atom stereocenters. The number of benzene rings is 1. The van der Waals surface area contributed by atoms with Crippen molar-refractivity contribution in [3.05, 3.63) is 46.9 Å². The van der Waals surface area contributed by atoms with Crippen LogP contribution in [0.3, 0.4) is 0 Å². The lowest BCUT2D eigenvalue weighted by molar-refractivity contribution is 1.01. The molecule has 0 amide bonds. The minimum absolute atomic E-state index is 0.466. The van der Waals surface area contributed by atoms with Gasteiger partial charge in [-0.3, -0.25) is 0 Å². The quantitative estimate of drug-likeness (QED) is 0.761. The van der Waals surface area contributed by atoms with Crippen LogP contribution in [0.5, 0.6) is 0 Å². The lowest BCUT2D eigenvalue weighted by Crippen LogP contribution is -2.13. The van der Waals surface area contributed by atoms with Gasteiger partial charge in [-0.2, -0.15) is 0 Å².